The molecule has 2 heterocycles. The molecule has 0 bridgehead atoms. The second-order valence-corrected chi connectivity index (χ2v) is 10.5. The molecule has 33 heavy (non-hydrogen) atoms. The molecular weight excluding hydrogens is 440 g/mol. The van der Waals surface area contributed by atoms with E-state index >= 15 is 0 Å². The van der Waals surface area contributed by atoms with E-state index in [1.54, 1.807) is 17.0 Å². The molecule has 1 N–H and O–H groups in total. The number of amides is 1. The Bertz CT molecular complexity index is 1360. The number of carbonyl (C=O) groups excluding carboxylic acids is 1. The first-order valence-electron chi connectivity index (χ1n) is 10.9. The van der Waals surface area contributed by atoms with Gasteiger partial charge < -0.3 is 14.8 Å². The number of aromatic nitrogens is 1. The van der Waals surface area contributed by atoms with Gasteiger partial charge in [-0.1, -0.05) is 12.1 Å². The maximum Gasteiger partial charge on any atom is 0.248 e. The number of hydrogen-bond acceptors (Lipinski definition) is 5. The van der Waals surface area contributed by atoms with Gasteiger partial charge >= 0.3 is 0 Å². The van der Waals surface area contributed by atoms with Gasteiger partial charge in [0.2, 0.25) is 21.5 Å². The van der Waals surface area contributed by atoms with Gasteiger partial charge in [0.15, 0.2) is 0 Å². The van der Waals surface area contributed by atoms with Crippen molar-refractivity contribution in [3.8, 4) is 0 Å². The minimum absolute atomic E-state index is 0.0806. The van der Waals surface area contributed by atoms with Crippen molar-refractivity contribution in [3.05, 3.63) is 70.0 Å². The minimum Gasteiger partial charge on any atom is -0.368 e. The van der Waals surface area contributed by atoms with Gasteiger partial charge in [-0.3, -0.25) is 9.59 Å². The lowest BCUT2D eigenvalue weighted by molar-refractivity contribution is -0.131. The van der Waals surface area contributed by atoms with E-state index in [0.717, 1.165) is 4.31 Å². The highest BCUT2D eigenvalue weighted by Gasteiger charge is 2.28. The Kier molecular flexibility index (Phi) is 6.27. The molecule has 0 atom stereocenters. The van der Waals surface area contributed by atoms with E-state index in [0.29, 0.717) is 37.1 Å². The molecule has 1 aromatic heterocycles. The van der Waals surface area contributed by atoms with Crippen molar-refractivity contribution in [3.63, 3.8) is 0 Å². The summed E-state index contributed by atoms with van der Waals surface area (Å²) in [5.41, 5.74) is 3.96. The lowest BCUT2D eigenvalue weighted by Gasteiger charge is -2.37. The molecule has 0 unspecified atom stereocenters. The molecule has 9 heteroatoms. The zero-order valence-electron chi connectivity index (χ0n) is 19.0. The minimum atomic E-state index is -3.86. The fourth-order valence-electron chi connectivity index (χ4n) is 4.12. The number of aryl methyl sites for hydroxylation is 1. The van der Waals surface area contributed by atoms with Gasteiger partial charge in [0.05, 0.1) is 11.4 Å². The molecule has 1 aliphatic heterocycles. The highest BCUT2D eigenvalue weighted by molar-refractivity contribution is 7.89. The first-order valence-corrected chi connectivity index (χ1v) is 12.3. The normalized spacial score (nSPS) is 14.8. The quantitative estimate of drug-likeness (QED) is 0.619. The van der Waals surface area contributed by atoms with E-state index in [1.165, 1.54) is 42.1 Å². The summed E-state index contributed by atoms with van der Waals surface area (Å²) in [4.78, 5) is 31.0. The summed E-state index contributed by atoms with van der Waals surface area (Å²) in [6, 6.07) is 13.7. The molecule has 1 fully saturated rings. The van der Waals surface area contributed by atoms with Crippen LogP contribution in [-0.2, 0) is 14.8 Å². The van der Waals surface area contributed by atoms with E-state index in [9.17, 15) is 18.0 Å². The third-order valence-electron chi connectivity index (χ3n) is 6.31. The molecular formula is C24H28N4O4S. The molecule has 4 rings (SSSR count). The van der Waals surface area contributed by atoms with Crippen molar-refractivity contribution in [2.75, 3.05) is 44.7 Å². The fourth-order valence-corrected chi connectivity index (χ4v) is 5.28. The number of carbonyl (C=O) groups is 1. The molecule has 2 aromatic carbocycles. The van der Waals surface area contributed by atoms with Gasteiger partial charge in [0, 0.05) is 50.5 Å². The average Bonchev–Trinajstić information content (AvgIpc) is 2.80. The molecule has 1 amide bonds. The number of likely N-dealkylation sites (N-methyl/N-ethyl adjacent to an activating group) is 1. The molecule has 1 aliphatic rings. The van der Waals surface area contributed by atoms with Crippen LogP contribution in [0.25, 0.3) is 10.9 Å². The number of pyridine rings is 1. The Morgan fingerprint density at radius 3 is 2.48 bits per heavy atom. The van der Waals surface area contributed by atoms with E-state index in [1.807, 2.05) is 6.07 Å². The number of sulfonamides is 1. The van der Waals surface area contributed by atoms with Crippen LogP contribution in [0.2, 0.25) is 0 Å². The molecule has 1 saturated heterocycles. The largest absolute Gasteiger partial charge is 0.368 e. The summed E-state index contributed by atoms with van der Waals surface area (Å²) >= 11 is 0. The van der Waals surface area contributed by atoms with Crippen LogP contribution in [0.3, 0.4) is 0 Å². The fraction of sp³-hybridized carbons (Fsp3) is 0.333. The van der Waals surface area contributed by atoms with Crippen LogP contribution in [0.4, 0.5) is 5.69 Å². The Labute approximate surface area is 193 Å². The average molecular weight is 469 g/mol. The zero-order valence-corrected chi connectivity index (χ0v) is 19.9. The lowest BCUT2D eigenvalue weighted by Crippen LogP contribution is -2.51. The van der Waals surface area contributed by atoms with Crippen molar-refractivity contribution in [2.45, 2.75) is 18.7 Å². The molecule has 0 radical (unpaired) electrons. The maximum atomic E-state index is 13.0. The van der Waals surface area contributed by atoms with E-state index in [2.05, 4.69) is 35.9 Å². The number of hydrogen-bond donors (Lipinski definition) is 1. The Morgan fingerprint density at radius 2 is 1.76 bits per heavy atom. The number of rotatable bonds is 5. The Hall–Kier alpha value is -3.17. The predicted molar refractivity (Wildman–Crippen MR) is 129 cm³/mol. The van der Waals surface area contributed by atoms with E-state index in [-0.39, 0.29) is 22.9 Å². The number of aromatic amines is 1. The highest BCUT2D eigenvalue weighted by atomic mass is 32.2. The molecule has 0 spiro atoms. The lowest BCUT2D eigenvalue weighted by atomic mass is 10.1. The summed E-state index contributed by atoms with van der Waals surface area (Å²) in [6.07, 6.45) is 0. The third kappa shape index (κ3) is 4.65. The Balaban J connectivity index is 1.41. The van der Waals surface area contributed by atoms with Gasteiger partial charge in [-0.25, -0.2) is 8.42 Å². The SMILES string of the molecule is Cc1cccc(N2CCN(C(=O)CN(C)S(=O)(=O)c3ccc4[nH]c(=O)ccc4c3)CC2)c1C. The molecule has 0 aliphatic carbocycles. The van der Waals surface area contributed by atoms with Crippen LogP contribution in [0.15, 0.2) is 58.2 Å². The number of piperazine rings is 1. The second kappa shape index (κ2) is 8.99. The molecule has 0 saturated carbocycles. The van der Waals surface area contributed by atoms with Crippen molar-refractivity contribution < 1.29 is 13.2 Å². The maximum absolute atomic E-state index is 13.0. The monoisotopic (exact) mass is 468 g/mol. The van der Waals surface area contributed by atoms with Crippen molar-refractivity contribution in [2.24, 2.45) is 0 Å². The van der Waals surface area contributed by atoms with Crippen LogP contribution in [0.1, 0.15) is 11.1 Å². The topological polar surface area (TPSA) is 93.8 Å². The van der Waals surface area contributed by atoms with E-state index in [4.69, 9.17) is 0 Å². The smallest absolute Gasteiger partial charge is 0.248 e. The standard InChI is InChI=1S/C24H28N4O4S/c1-17-5-4-6-22(18(17)2)27-11-13-28(14-12-27)24(30)16-26(3)33(31,32)20-8-9-21-19(15-20)7-10-23(29)25-21/h4-10,15H,11-14,16H2,1-3H3,(H,25,29). The van der Waals surface area contributed by atoms with Crippen molar-refractivity contribution >= 4 is 32.5 Å². The van der Waals surface area contributed by atoms with Crippen molar-refractivity contribution in [1.29, 1.82) is 0 Å². The summed E-state index contributed by atoms with van der Waals surface area (Å²) in [5.74, 6) is -0.216. The summed E-state index contributed by atoms with van der Waals surface area (Å²) in [5, 5.41) is 0.609. The molecule has 8 nitrogen and oxygen atoms in total. The summed E-state index contributed by atoms with van der Waals surface area (Å²) < 4.78 is 27.2. The van der Waals surface area contributed by atoms with Crippen LogP contribution in [0, 0.1) is 13.8 Å². The van der Waals surface area contributed by atoms with E-state index < -0.39 is 10.0 Å². The van der Waals surface area contributed by atoms with Gasteiger partial charge in [-0.05, 0) is 60.7 Å². The van der Waals surface area contributed by atoms with Crippen LogP contribution in [-0.4, -0.2) is 68.3 Å². The van der Waals surface area contributed by atoms with Crippen LogP contribution in [0.5, 0.6) is 0 Å². The molecule has 174 valence electrons. The van der Waals surface area contributed by atoms with Crippen LogP contribution < -0.4 is 10.5 Å². The number of nitrogens with zero attached hydrogens (tertiary/aromatic N) is 3. The highest BCUT2D eigenvalue weighted by Crippen LogP contribution is 2.24. The van der Waals surface area contributed by atoms with Gasteiger partial charge in [0.25, 0.3) is 0 Å². The number of anilines is 1. The van der Waals surface area contributed by atoms with Crippen LogP contribution >= 0.6 is 0 Å². The van der Waals surface area contributed by atoms with Gasteiger partial charge in [-0.15, -0.1) is 0 Å². The Morgan fingerprint density at radius 1 is 1.03 bits per heavy atom. The first kappa shape index (κ1) is 23.0. The number of H-pyrrole nitrogens is 1. The zero-order chi connectivity index (χ0) is 23.8. The first-order chi connectivity index (χ1) is 15.7. The predicted octanol–water partition coefficient (Wildman–Crippen LogP) is 2.11. The number of nitrogens with one attached hydrogen (secondary N) is 1. The number of benzene rings is 2. The number of fused-ring (bicyclic) bond motifs is 1. The third-order valence-corrected chi connectivity index (χ3v) is 8.11. The summed E-state index contributed by atoms with van der Waals surface area (Å²) in [6.45, 7) is 6.46. The second-order valence-electron chi connectivity index (χ2n) is 8.42. The molecule has 3 aromatic rings. The van der Waals surface area contributed by atoms with Crippen molar-refractivity contribution in [1.82, 2.24) is 14.2 Å². The van der Waals surface area contributed by atoms with Gasteiger partial charge in [-0.2, -0.15) is 4.31 Å². The van der Waals surface area contributed by atoms with Gasteiger partial charge in [0.1, 0.15) is 0 Å². The summed E-state index contributed by atoms with van der Waals surface area (Å²) in [7, 11) is -2.44.